The molecule has 3 aromatic rings. The number of anilines is 1. The summed E-state index contributed by atoms with van der Waals surface area (Å²) in [6, 6.07) is 17.0. The monoisotopic (exact) mass is 490 g/mol. The first-order valence-corrected chi connectivity index (χ1v) is 11.6. The topological polar surface area (TPSA) is 119 Å². The molecule has 0 radical (unpaired) electrons. The highest BCUT2D eigenvalue weighted by Gasteiger charge is 2.31. The van der Waals surface area contributed by atoms with Gasteiger partial charge in [0, 0.05) is 16.7 Å². The van der Waals surface area contributed by atoms with Crippen LogP contribution in [-0.2, 0) is 14.8 Å². The third kappa shape index (κ3) is 5.22. The highest BCUT2D eigenvalue weighted by Crippen LogP contribution is 2.37. The second-order valence-electron chi connectivity index (χ2n) is 7.01. The number of benzene rings is 3. The van der Waals surface area contributed by atoms with E-state index in [0.717, 1.165) is 4.31 Å². The van der Waals surface area contributed by atoms with E-state index < -0.39 is 28.6 Å². The quantitative estimate of drug-likeness (QED) is 0.475. The summed E-state index contributed by atoms with van der Waals surface area (Å²) in [5, 5.41) is 11.3. The molecule has 0 fully saturated rings. The maximum Gasteiger partial charge on any atom is 0.264 e. The summed E-state index contributed by atoms with van der Waals surface area (Å²) in [4.78, 5) is 11.7. The summed E-state index contributed by atoms with van der Waals surface area (Å²) in [5.74, 6) is -0.350. The number of sulfonamides is 1. The van der Waals surface area contributed by atoms with Gasteiger partial charge in [-0.2, -0.15) is 0 Å². The Balaban J connectivity index is 2.19. The lowest BCUT2D eigenvalue weighted by molar-refractivity contribution is -0.116. The van der Waals surface area contributed by atoms with Gasteiger partial charge in [0.15, 0.2) is 11.5 Å². The minimum Gasteiger partial charge on any atom is -0.493 e. The molecule has 0 bridgehead atoms. The fourth-order valence-electron chi connectivity index (χ4n) is 3.33. The van der Waals surface area contributed by atoms with Crippen molar-refractivity contribution in [3.05, 3.63) is 82.9 Å². The second kappa shape index (κ2) is 10.1. The normalized spacial score (nSPS) is 12.1. The molecule has 3 aromatic carbocycles. The van der Waals surface area contributed by atoms with Crippen molar-refractivity contribution in [1.82, 2.24) is 0 Å². The second-order valence-corrected chi connectivity index (χ2v) is 9.31. The Bertz CT molecular complexity index is 1250. The van der Waals surface area contributed by atoms with Crippen molar-refractivity contribution >= 4 is 33.2 Å². The van der Waals surface area contributed by atoms with Gasteiger partial charge in [-0.3, -0.25) is 9.10 Å². The zero-order chi connectivity index (χ0) is 24.2. The number of ether oxygens (including phenoxy) is 2. The third-order valence-corrected chi connectivity index (χ3v) is 6.90. The van der Waals surface area contributed by atoms with Crippen LogP contribution in [0, 0.1) is 0 Å². The first kappa shape index (κ1) is 24.4. The minimum absolute atomic E-state index is 0.0596. The Morgan fingerprint density at radius 1 is 1.03 bits per heavy atom. The lowest BCUT2D eigenvalue weighted by Gasteiger charge is -2.27. The summed E-state index contributed by atoms with van der Waals surface area (Å²) in [5.41, 5.74) is 6.17. The van der Waals surface area contributed by atoms with E-state index >= 15 is 0 Å². The molecule has 0 aliphatic rings. The van der Waals surface area contributed by atoms with Gasteiger partial charge >= 0.3 is 0 Å². The Labute approximate surface area is 197 Å². The van der Waals surface area contributed by atoms with Crippen LogP contribution in [0.5, 0.6) is 11.5 Å². The number of rotatable bonds is 9. The summed E-state index contributed by atoms with van der Waals surface area (Å²) >= 11 is 6.16. The number of nitrogens with zero attached hydrogens (tertiary/aromatic N) is 1. The third-order valence-electron chi connectivity index (χ3n) is 4.91. The molecule has 0 saturated heterocycles. The van der Waals surface area contributed by atoms with Crippen molar-refractivity contribution < 1.29 is 27.8 Å². The van der Waals surface area contributed by atoms with Gasteiger partial charge in [0.05, 0.1) is 24.8 Å². The number of halogens is 1. The average Bonchev–Trinajstić information content (AvgIpc) is 2.82. The molecule has 10 heteroatoms. The zero-order valence-electron chi connectivity index (χ0n) is 17.9. The van der Waals surface area contributed by atoms with Gasteiger partial charge in [0.25, 0.3) is 10.0 Å². The summed E-state index contributed by atoms with van der Waals surface area (Å²) in [7, 11) is -1.51. The van der Waals surface area contributed by atoms with Crippen LogP contribution >= 0.6 is 11.6 Å². The minimum atomic E-state index is -4.32. The van der Waals surface area contributed by atoms with E-state index in [-0.39, 0.29) is 26.9 Å². The Morgan fingerprint density at radius 2 is 1.70 bits per heavy atom. The molecule has 3 N–H and O–H groups in total. The Kier molecular flexibility index (Phi) is 7.47. The number of methoxy groups -OCH3 is 2. The van der Waals surface area contributed by atoms with E-state index in [1.54, 1.807) is 30.3 Å². The lowest BCUT2D eigenvalue weighted by atomic mass is 10.00. The number of aliphatic hydroxyl groups is 1. The summed E-state index contributed by atoms with van der Waals surface area (Å²) in [6.07, 6.45) is -1.21. The van der Waals surface area contributed by atoms with Crippen LogP contribution in [0.25, 0.3) is 0 Å². The van der Waals surface area contributed by atoms with Gasteiger partial charge in [0.1, 0.15) is 12.6 Å². The van der Waals surface area contributed by atoms with Gasteiger partial charge in [-0.15, -0.1) is 0 Å². The van der Waals surface area contributed by atoms with E-state index in [4.69, 9.17) is 26.8 Å². The van der Waals surface area contributed by atoms with Gasteiger partial charge < -0.3 is 20.3 Å². The molecule has 1 atom stereocenters. The number of carbonyl (C=O) groups excluding carboxylic acids is 1. The molecule has 0 aliphatic carbocycles. The molecule has 0 spiro atoms. The molecule has 8 nitrogen and oxygen atoms in total. The standard InChI is InChI=1S/C23H23ClN2O6S/c1-31-20-11-9-17(13-21(20)32-2)33(29,30)26(14-22(25)27)19-10-8-16(24)12-18(19)23(28)15-6-4-3-5-7-15/h3-13,23,28H,14H2,1-2H3,(H2,25,27). The molecule has 174 valence electrons. The highest BCUT2D eigenvalue weighted by atomic mass is 35.5. The molecule has 0 aliphatic heterocycles. The van der Waals surface area contributed by atoms with Gasteiger partial charge in [-0.1, -0.05) is 41.9 Å². The molecule has 33 heavy (non-hydrogen) atoms. The largest absolute Gasteiger partial charge is 0.493 e. The fourth-order valence-corrected chi connectivity index (χ4v) is 4.99. The first-order chi connectivity index (χ1) is 15.7. The number of hydrogen-bond acceptors (Lipinski definition) is 6. The smallest absolute Gasteiger partial charge is 0.264 e. The highest BCUT2D eigenvalue weighted by molar-refractivity contribution is 7.92. The van der Waals surface area contributed by atoms with Crippen molar-refractivity contribution in [2.24, 2.45) is 5.73 Å². The van der Waals surface area contributed by atoms with E-state index in [9.17, 15) is 18.3 Å². The molecule has 0 saturated carbocycles. The lowest BCUT2D eigenvalue weighted by Crippen LogP contribution is -2.39. The fraction of sp³-hybridized carbons (Fsp3) is 0.174. The Morgan fingerprint density at radius 3 is 2.30 bits per heavy atom. The predicted octanol–water partition coefficient (Wildman–Crippen LogP) is 3.12. The van der Waals surface area contributed by atoms with Crippen LogP contribution in [-0.4, -0.2) is 40.2 Å². The van der Waals surface area contributed by atoms with Gasteiger partial charge in [-0.05, 0) is 35.9 Å². The predicted molar refractivity (Wildman–Crippen MR) is 125 cm³/mol. The van der Waals surface area contributed by atoms with E-state index in [0.29, 0.717) is 11.3 Å². The van der Waals surface area contributed by atoms with Crippen molar-refractivity contribution in [2.75, 3.05) is 25.1 Å². The Hall–Kier alpha value is -3.27. The van der Waals surface area contributed by atoms with Crippen LogP contribution in [0.15, 0.2) is 71.6 Å². The number of hydrogen-bond donors (Lipinski definition) is 2. The van der Waals surface area contributed by atoms with Crippen LogP contribution in [0.3, 0.4) is 0 Å². The van der Waals surface area contributed by atoms with Crippen LogP contribution in [0.4, 0.5) is 5.69 Å². The summed E-state index contributed by atoms with van der Waals surface area (Å²) in [6.45, 7) is -0.660. The molecule has 0 heterocycles. The van der Waals surface area contributed by atoms with Gasteiger partial charge in [-0.25, -0.2) is 8.42 Å². The van der Waals surface area contributed by atoms with E-state index in [1.165, 1.54) is 50.6 Å². The molecular formula is C23H23ClN2O6S. The molecule has 1 amide bonds. The van der Waals surface area contributed by atoms with Crippen molar-refractivity contribution in [3.8, 4) is 11.5 Å². The van der Waals surface area contributed by atoms with Crippen LogP contribution < -0.4 is 19.5 Å². The van der Waals surface area contributed by atoms with Crippen molar-refractivity contribution in [3.63, 3.8) is 0 Å². The van der Waals surface area contributed by atoms with Crippen molar-refractivity contribution in [2.45, 2.75) is 11.0 Å². The average molecular weight is 491 g/mol. The molecule has 1 unspecified atom stereocenters. The maximum absolute atomic E-state index is 13.6. The SMILES string of the molecule is COc1ccc(S(=O)(=O)N(CC(N)=O)c2ccc(Cl)cc2C(O)c2ccccc2)cc1OC. The van der Waals surface area contributed by atoms with Crippen LogP contribution in [0.2, 0.25) is 5.02 Å². The van der Waals surface area contributed by atoms with Gasteiger partial charge in [0.2, 0.25) is 5.91 Å². The summed E-state index contributed by atoms with van der Waals surface area (Å²) < 4.78 is 38.5. The van der Waals surface area contributed by atoms with Crippen molar-refractivity contribution in [1.29, 1.82) is 0 Å². The number of aliphatic hydroxyl groups excluding tert-OH is 1. The maximum atomic E-state index is 13.6. The van der Waals surface area contributed by atoms with E-state index in [2.05, 4.69) is 0 Å². The first-order valence-electron chi connectivity index (χ1n) is 9.74. The van der Waals surface area contributed by atoms with Crippen LogP contribution in [0.1, 0.15) is 17.2 Å². The number of amides is 1. The molecule has 0 aromatic heterocycles. The number of carbonyl (C=O) groups is 1. The molecule has 3 rings (SSSR count). The molecular weight excluding hydrogens is 468 g/mol. The van der Waals surface area contributed by atoms with E-state index in [1.807, 2.05) is 0 Å². The number of primary amides is 1. The number of nitrogens with two attached hydrogens (primary N) is 1. The zero-order valence-corrected chi connectivity index (χ0v) is 19.5.